The number of aromatic hydroxyl groups is 1. The number of nitrogens with zero attached hydrogens (tertiary/aromatic N) is 4. The maximum atomic E-state index is 12.5. The smallest absolute Gasteiger partial charge is 0.250 e. The van der Waals surface area contributed by atoms with Crippen LogP contribution in [0.2, 0.25) is 10.0 Å². The minimum atomic E-state index is -0.336. The van der Waals surface area contributed by atoms with Gasteiger partial charge >= 0.3 is 0 Å². The molecule has 3 aromatic carbocycles. The second kappa shape index (κ2) is 11.9. The van der Waals surface area contributed by atoms with Crippen molar-refractivity contribution in [3.8, 4) is 22.8 Å². The Bertz CT molecular complexity index is 1400. The van der Waals surface area contributed by atoms with Gasteiger partial charge < -0.3 is 5.11 Å². The quantitative estimate of drug-likeness (QED) is 0.120. The lowest BCUT2D eigenvalue weighted by Crippen LogP contribution is -2.20. The number of allylic oxidation sites excluding steroid dienone is 1. The topological polar surface area (TPSA) is 92.4 Å². The summed E-state index contributed by atoms with van der Waals surface area (Å²) >= 11 is 13.3. The molecule has 2 N–H and O–H groups in total. The van der Waals surface area contributed by atoms with Gasteiger partial charge in [0.25, 0.3) is 5.91 Å². The normalized spacial score (nSPS) is 11.1. The predicted octanol–water partition coefficient (Wildman–Crippen LogP) is 5.92. The van der Waals surface area contributed by atoms with Gasteiger partial charge in [-0.3, -0.25) is 9.36 Å². The molecule has 0 aliphatic rings. The third-order valence-electron chi connectivity index (χ3n) is 5.06. The summed E-state index contributed by atoms with van der Waals surface area (Å²) in [4.78, 5) is 12.5. The maximum absolute atomic E-state index is 12.5. The fourth-order valence-electron chi connectivity index (χ4n) is 3.34. The molecule has 0 saturated heterocycles. The summed E-state index contributed by atoms with van der Waals surface area (Å²) in [6.45, 7) is 3.68. The van der Waals surface area contributed by atoms with E-state index >= 15 is 0 Å². The molecule has 0 saturated carbocycles. The second-order valence-electron chi connectivity index (χ2n) is 7.55. The molecule has 1 heterocycles. The molecule has 4 aromatic rings. The van der Waals surface area contributed by atoms with Crippen molar-refractivity contribution >= 4 is 47.1 Å². The number of hydrazone groups is 1. The highest BCUT2D eigenvalue weighted by molar-refractivity contribution is 7.99. The first-order chi connectivity index (χ1) is 17.5. The van der Waals surface area contributed by atoms with E-state index in [1.807, 2.05) is 28.8 Å². The molecule has 0 atom stereocenters. The highest BCUT2D eigenvalue weighted by Crippen LogP contribution is 2.29. The zero-order valence-electron chi connectivity index (χ0n) is 18.9. The molecule has 0 aliphatic heterocycles. The third-order valence-corrected chi connectivity index (χ3v) is 6.49. The molecule has 0 fully saturated rings. The molecule has 7 nitrogen and oxygen atoms in total. The summed E-state index contributed by atoms with van der Waals surface area (Å²) in [6.07, 6.45) is 3.64. The van der Waals surface area contributed by atoms with E-state index in [0.717, 1.165) is 16.8 Å². The maximum Gasteiger partial charge on any atom is 0.250 e. The number of hydrogen-bond acceptors (Lipinski definition) is 6. The van der Waals surface area contributed by atoms with Gasteiger partial charge in [-0.05, 0) is 66.6 Å². The Morgan fingerprint density at radius 3 is 2.44 bits per heavy atom. The van der Waals surface area contributed by atoms with Crippen molar-refractivity contribution in [1.29, 1.82) is 0 Å². The van der Waals surface area contributed by atoms with Crippen molar-refractivity contribution in [2.75, 3.05) is 5.75 Å². The molecular weight excluding hydrogens is 517 g/mol. The van der Waals surface area contributed by atoms with Gasteiger partial charge in [0.2, 0.25) is 0 Å². The van der Waals surface area contributed by atoms with E-state index in [1.165, 1.54) is 18.0 Å². The summed E-state index contributed by atoms with van der Waals surface area (Å²) < 4.78 is 1.85. The lowest BCUT2D eigenvalue weighted by molar-refractivity contribution is -0.118. The van der Waals surface area contributed by atoms with Crippen LogP contribution in [0.15, 0.2) is 89.6 Å². The number of hydrogen-bond donors (Lipinski definition) is 2. The molecule has 0 radical (unpaired) electrons. The fourth-order valence-corrected chi connectivity index (χ4v) is 4.34. The number of halogens is 2. The number of benzene rings is 3. The van der Waals surface area contributed by atoms with Gasteiger partial charge in [0.05, 0.1) is 12.0 Å². The zero-order valence-corrected chi connectivity index (χ0v) is 21.3. The second-order valence-corrected chi connectivity index (χ2v) is 9.37. The first-order valence-electron chi connectivity index (χ1n) is 10.8. The van der Waals surface area contributed by atoms with Crippen LogP contribution in [0.3, 0.4) is 0 Å². The van der Waals surface area contributed by atoms with Crippen LogP contribution in [-0.4, -0.2) is 37.7 Å². The zero-order chi connectivity index (χ0) is 25.5. The number of thioether (sulfide) groups is 1. The molecule has 0 spiro atoms. The molecule has 0 unspecified atom stereocenters. The summed E-state index contributed by atoms with van der Waals surface area (Å²) in [7, 11) is 0. The number of para-hydroxylation sites is 1. The van der Waals surface area contributed by atoms with E-state index in [0.29, 0.717) is 33.0 Å². The lowest BCUT2D eigenvalue weighted by Gasteiger charge is -2.10. The minimum Gasteiger partial charge on any atom is -0.507 e. The number of phenols is 1. The van der Waals surface area contributed by atoms with Gasteiger partial charge in [-0.2, -0.15) is 5.10 Å². The van der Waals surface area contributed by atoms with E-state index in [1.54, 1.807) is 48.5 Å². The summed E-state index contributed by atoms with van der Waals surface area (Å²) in [5.41, 5.74) is 5.33. The Morgan fingerprint density at radius 2 is 1.75 bits per heavy atom. The van der Waals surface area contributed by atoms with Crippen LogP contribution >= 0.6 is 35.0 Å². The number of nitrogens with one attached hydrogen (secondary N) is 1. The Labute approximate surface area is 222 Å². The molecule has 1 amide bonds. The van der Waals surface area contributed by atoms with Gasteiger partial charge in [-0.1, -0.05) is 53.2 Å². The monoisotopic (exact) mass is 537 g/mol. The van der Waals surface area contributed by atoms with Gasteiger partial charge in [0.1, 0.15) is 5.75 Å². The van der Waals surface area contributed by atoms with E-state index in [9.17, 15) is 9.90 Å². The predicted molar refractivity (Wildman–Crippen MR) is 145 cm³/mol. The van der Waals surface area contributed by atoms with E-state index in [2.05, 4.69) is 27.3 Å². The van der Waals surface area contributed by atoms with Gasteiger partial charge in [-0.25, -0.2) is 5.43 Å². The highest BCUT2D eigenvalue weighted by atomic mass is 35.5. The van der Waals surface area contributed by atoms with Gasteiger partial charge in [0.15, 0.2) is 11.0 Å². The third kappa shape index (κ3) is 6.15. The van der Waals surface area contributed by atoms with Crippen LogP contribution in [0.25, 0.3) is 17.1 Å². The van der Waals surface area contributed by atoms with E-state index in [4.69, 9.17) is 23.2 Å². The molecule has 1 aromatic heterocycles. The standard InChI is InChI=1S/C26H21Cl2N5O2S/c1-2-4-17-5-3-6-19(24(17)35)15-29-30-23(34)16-36-26-32-31-25(18-7-9-20(27)10-8-18)33(26)22-13-11-21(28)12-14-22/h2-3,5-15,35H,1,4,16H2,(H,30,34). The molecule has 0 aliphatic carbocycles. The average molecular weight is 538 g/mol. The average Bonchev–Trinajstić information content (AvgIpc) is 3.30. The minimum absolute atomic E-state index is 0.0478. The number of rotatable bonds is 9. The number of aromatic nitrogens is 3. The number of phenolic OH excluding ortho intramolecular Hbond substituents is 1. The molecule has 0 bridgehead atoms. The molecule has 4 rings (SSSR count). The first-order valence-corrected chi connectivity index (χ1v) is 12.5. The van der Waals surface area contributed by atoms with Crippen molar-refractivity contribution in [1.82, 2.24) is 20.2 Å². The summed E-state index contributed by atoms with van der Waals surface area (Å²) in [5.74, 6) is 0.420. The largest absolute Gasteiger partial charge is 0.507 e. The van der Waals surface area contributed by atoms with Crippen molar-refractivity contribution in [3.63, 3.8) is 0 Å². The Hall–Kier alpha value is -3.59. The van der Waals surface area contributed by atoms with Crippen LogP contribution in [0.4, 0.5) is 0 Å². The summed E-state index contributed by atoms with van der Waals surface area (Å²) in [5, 5.41) is 24.7. The lowest BCUT2D eigenvalue weighted by atomic mass is 10.1. The van der Waals surface area contributed by atoms with Gasteiger partial charge in [0, 0.05) is 26.9 Å². The molecular formula is C26H21Cl2N5O2S. The molecule has 182 valence electrons. The van der Waals surface area contributed by atoms with E-state index in [-0.39, 0.29) is 17.4 Å². The van der Waals surface area contributed by atoms with Crippen LogP contribution in [0.1, 0.15) is 11.1 Å². The Balaban J connectivity index is 1.49. The SMILES string of the molecule is C=CCc1cccc(C=NNC(=O)CSc2nnc(-c3ccc(Cl)cc3)n2-c2ccc(Cl)cc2)c1O. The van der Waals surface area contributed by atoms with Crippen molar-refractivity contribution < 1.29 is 9.90 Å². The first kappa shape index (κ1) is 25.5. The van der Waals surface area contributed by atoms with Crippen molar-refractivity contribution in [3.05, 3.63) is 101 Å². The molecule has 36 heavy (non-hydrogen) atoms. The Morgan fingerprint density at radius 1 is 1.06 bits per heavy atom. The summed E-state index contributed by atoms with van der Waals surface area (Å²) in [6, 6.07) is 19.8. The molecule has 10 heteroatoms. The fraction of sp³-hybridized carbons (Fsp3) is 0.0769. The van der Waals surface area contributed by atoms with Crippen LogP contribution in [0.5, 0.6) is 5.75 Å². The number of carbonyl (C=O) groups is 1. The van der Waals surface area contributed by atoms with E-state index < -0.39 is 0 Å². The number of amides is 1. The van der Waals surface area contributed by atoms with Crippen molar-refractivity contribution in [2.24, 2.45) is 5.10 Å². The van der Waals surface area contributed by atoms with Crippen LogP contribution in [0, 0.1) is 0 Å². The van der Waals surface area contributed by atoms with Crippen LogP contribution < -0.4 is 5.43 Å². The Kier molecular flexibility index (Phi) is 8.43. The van der Waals surface area contributed by atoms with Gasteiger partial charge in [-0.15, -0.1) is 16.8 Å². The van der Waals surface area contributed by atoms with Crippen molar-refractivity contribution in [2.45, 2.75) is 11.6 Å². The highest BCUT2D eigenvalue weighted by Gasteiger charge is 2.17. The number of carbonyl (C=O) groups excluding carboxylic acids is 1. The van der Waals surface area contributed by atoms with Crippen LogP contribution in [-0.2, 0) is 11.2 Å².